The van der Waals surface area contributed by atoms with E-state index >= 15 is 0 Å². The van der Waals surface area contributed by atoms with Crippen LogP contribution in [0.2, 0.25) is 0 Å². The molecule has 7 nitrogen and oxygen atoms in total. The molecule has 0 unspecified atom stereocenters. The number of hydrogen-bond donors (Lipinski definition) is 1. The molecular formula is C18H16N4O3S. The Morgan fingerprint density at radius 2 is 1.92 bits per heavy atom. The Hall–Kier alpha value is -3.26. The molecule has 0 radical (unpaired) electrons. The number of carbonyl (C=O) groups excluding carboxylic acids is 1. The summed E-state index contributed by atoms with van der Waals surface area (Å²) in [7, 11) is 2.94. The van der Waals surface area contributed by atoms with E-state index in [9.17, 15) is 4.79 Å². The largest absolute Gasteiger partial charge is 0.496 e. The van der Waals surface area contributed by atoms with Crippen LogP contribution in [0.4, 0.5) is 0 Å². The van der Waals surface area contributed by atoms with Crippen molar-refractivity contribution in [1.29, 1.82) is 0 Å². The number of hydrogen-bond acceptors (Lipinski definition) is 6. The fourth-order valence-corrected chi connectivity index (χ4v) is 2.53. The number of aromatic nitrogens is 3. The summed E-state index contributed by atoms with van der Waals surface area (Å²) < 4.78 is 11.9. The van der Waals surface area contributed by atoms with Crippen molar-refractivity contribution >= 4 is 24.4 Å². The first-order valence-corrected chi connectivity index (χ1v) is 8.08. The number of ether oxygens (including phenoxy) is 2. The summed E-state index contributed by atoms with van der Waals surface area (Å²) in [6, 6.07) is 14.3. The number of rotatable bonds is 5. The molecule has 0 aliphatic carbocycles. The van der Waals surface area contributed by atoms with Gasteiger partial charge in [0.2, 0.25) is 4.77 Å². The van der Waals surface area contributed by atoms with Crippen molar-refractivity contribution in [3.05, 3.63) is 64.4 Å². The number of para-hydroxylation sites is 1. The predicted octanol–water partition coefficient (Wildman–Crippen LogP) is 3.29. The minimum atomic E-state index is -0.385. The average molecular weight is 368 g/mol. The molecule has 0 saturated carbocycles. The molecule has 3 aromatic rings. The van der Waals surface area contributed by atoms with Crippen molar-refractivity contribution in [2.75, 3.05) is 14.2 Å². The maximum atomic E-state index is 11.5. The van der Waals surface area contributed by atoms with Crippen molar-refractivity contribution in [1.82, 2.24) is 14.9 Å². The van der Waals surface area contributed by atoms with Crippen LogP contribution in [0.15, 0.2) is 53.6 Å². The molecule has 0 amide bonds. The van der Waals surface area contributed by atoms with Gasteiger partial charge in [-0.15, -0.1) is 0 Å². The Bertz CT molecular complexity index is 1010. The van der Waals surface area contributed by atoms with Gasteiger partial charge < -0.3 is 9.47 Å². The second kappa shape index (κ2) is 7.75. The quantitative estimate of drug-likeness (QED) is 0.425. The van der Waals surface area contributed by atoms with Crippen LogP contribution in [0.25, 0.3) is 11.4 Å². The van der Waals surface area contributed by atoms with E-state index in [0.717, 1.165) is 11.1 Å². The van der Waals surface area contributed by atoms with E-state index in [1.807, 2.05) is 24.3 Å². The molecule has 3 rings (SSSR count). The molecule has 1 aromatic heterocycles. The Kier molecular flexibility index (Phi) is 5.23. The van der Waals surface area contributed by atoms with Gasteiger partial charge >= 0.3 is 5.97 Å². The maximum Gasteiger partial charge on any atom is 0.337 e. The third-order valence-electron chi connectivity index (χ3n) is 3.65. The van der Waals surface area contributed by atoms with E-state index in [4.69, 9.17) is 17.0 Å². The van der Waals surface area contributed by atoms with Crippen molar-refractivity contribution in [2.24, 2.45) is 5.10 Å². The number of carbonyl (C=O) groups is 1. The minimum absolute atomic E-state index is 0.355. The Morgan fingerprint density at radius 1 is 1.19 bits per heavy atom. The smallest absolute Gasteiger partial charge is 0.337 e. The third-order valence-corrected chi connectivity index (χ3v) is 3.92. The molecule has 2 aromatic carbocycles. The summed E-state index contributed by atoms with van der Waals surface area (Å²) >= 11 is 5.27. The van der Waals surface area contributed by atoms with Crippen LogP contribution in [0.3, 0.4) is 0 Å². The molecule has 132 valence electrons. The molecular weight excluding hydrogens is 352 g/mol. The van der Waals surface area contributed by atoms with Gasteiger partial charge in [-0.05, 0) is 42.0 Å². The zero-order chi connectivity index (χ0) is 18.5. The number of benzene rings is 2. The van der Waals surface area contributed by atoms with E-state index in [1.165, 1.54) is 11.8 Å². The van der Waals surface area contributed by atoms with Crippen molar-refractivity contribution in [3.8, 4) is 17.1 Å². The number of aromatic amines is 1. The third kappa shape index (κ3) is 3.55. The summed E-state index contributed by atoms with van der Waals surface area (Å²) in [6.07, 6.45) is 1.63. The van der Waals surface area contributed by atoms with Crippen LogP contribution in [0.5, 0.6) is 5.75 Å². The Labute approximate surface area is 154 Å². The van der Waals surface area contributed by atoms with Gasteiger partial charge in [0, 0.05) is 0 Å². The maximum absolute atomic E-state index is 11.5. The average Bonchev–Trinajstić information content (AvgIpc) is 3.06. The zero-order valence-electron chi connectivity index (χ0n) is 14.2. The Balaban J connectivity index is 1.94. The standard InChI is InChI=1S/C18H16N4O3S/c1-24-15-6-4-3-5-14(15)16-20-21-18(26)22(16)19-11-12-7-9-13(10-8-12)17(23)25-2/h3-11H,1-2H3,(H,21,26)/b19-11+. The highest BCUT2D eigenvalue weighted by molar-refractivity contribution is 7.71. The van der Waals surface area contributed by atoms with Gasteiger partial charge in [0.1, 0.15) is 5.75 Å². The molecule has 0 aliphatic heterocycles. The van der Waals surface area contributed by atoms with Crippen LogP contribution >= 0.6 is 12.2 Å². The van der Waals surface area contributed by atoms with Crippen molar-refractivity contribution in [2.45, 2.75) is 0 Å². The summed E-state index contributed by atoms with van der Waals surface area (Å²) in [5, 5.41) is 11.4. The molecule has 0 aliphatic rings. The predicted molar refractivity (Wildman–Crippen MR) is 100 cm³/mol. The number of esters is 1. The van der Waals surface area contributed by atoms with Crippen molar-refractivity contribution < 1.29 is 14.3 Å². The minimum Gasteiger partial charge on any atom is -0.496 e. The summed E-state index contributed by atoms with van der Waals surface area (Å²) in [6.45, 7) is 0. The summed E-state index contributed by atoms with van der Waals surface area (Å²) in [5.41, 5.74) is 2.03. The molecule has 0 bridgehead atoms. The molecule has 0 atom stereocenters. The van der Waals surface area contributed by atoms with Gasteiger partial charge in [-0.25, -0.2) is 9.89 Å². The lowest BCUT2D eigenvalue weighted by atomic mass is 10.1. The first-order valence-electron chi connectivity index (χ1n) is 7.67. The van der Waals surface area contributed by atoms with Gasteiger partial charge in [0.15, 0.2) is 5.82 Å². The molecule has 26 heavy (non-hydrogen) atoms. The monoisotopic (exact) mass is 368 g/mol. The van der Waals surface area contributed by atoms with E-state index in [0.29, 0.717) is 21.9 Å². The number of methoxy groups -OCH3 is 2. The second-order valence-corrected chi connectivity index (χ2v) is 5.61. The van der Waals surface area contributed by atoms with E-state index in [1.54, 1.807) is 37.6 Å². The summed E-state index contributed by atoms with van der Waals surface area (Å²) in [4.78, 5) is 11.5. The lowest BCUT2D eigenvalue weighted by Gasteiger charge is -2.06. The first-order chi connectivity index (χ1) is 12.6. The van der Waals surface area contributed by atoms with Gasteiger partial charge in [0.05, 0.1) is 31.6 Å². The number of H-pyrrole nitrogens is 1. The molecule has 8 heteroatoms. The summed E-state index contributed by atoms with van der Waals surface area (Å²) in [5.74, 6) is 0.819. The zero-order valence-corrected chi connectivity index (χ0v) is 15.0. The molecule has 1 N–H and O–H groups in total. The van der Waals surface area contributed by atoms with Crippen LogP contribution in [0, 0.1) is 4.77 Å². The topological polar surface area (TPSA) is 81.5 Å². The van der Waals surface area contributed by atoms with Crippen LogP contribution in [0.1, 0.15) is 15.9 Å². The van der Waals surface area contributed by atoms with Crippen molar-refractivity contribution in [3.63, 3.8) is 0 Å². The second-order valence-electron chi connectivity index (χ2n) is 5.22. The first kappa shape index (κ1) is 17.6. The van der Waals surface area contributed by atoms with Crippen LogP contribution in [-0.2, 0) is 4.74 Å². The van der Waals surface area contributed by atoms with Gasteiger partial charge in [-0.2, -0.15) is 14.9 Å². The van der Waals surface area contributed by atoms with Crippen LogP contribution in [-0.4, -0.2) is 41.3 Å². The highest BCUT2D eigenvalue weighted by Gasteiger charge is 2.12. The van der Waals surface area contributed by atoms with Crippen LogP contribution < -0.4 is 4.74 Å². The number of nitrogens with one attached hydrogen (secondary N) is 1. The lowest BCUT2D eigenvalue weighted by molar-refractivity contribution is 0.0600. The van der Waals surface area contributed by atoms with Gasteiger partial charge in [-0.1, -0.05) is 24.3 Å². The normalized spacial score (nSPS) is 10.8. The Morgan fingerprint density at radius 3 is 2.62 bits per heavy atom. The van der Waals surface area contributed by atoms with E-state index < -0.39 is 0 Å². The van der Waals surface area contributed by atoms with Gasteiger partial charge in [-0.3, -0.25) is 0 Å². The van der Waals surface area contributed by atoms with E-state index in [-0.39, 0.29) is 5.97 Å². The highest BCUT2D eigenvalue weighted by atomic mass is 32.1. The van der Waals surface area contributed by atoms with E-state index in [2.05, 4.69) is 20.0 Å². The fraction of sp³-hybridized carbons (Fsp3) is 0.111. The molecule has 1 heterocycles. The van der Waals surface area contributed by atoms with Gasteiger partial charge in [0.25, 0.3) is 0 Å². The SMILES string of the molecule is COC(=O)c1ccc(/C=N/n2c(-c3ccccc3OC)n[nH]c2=S)cc1. The fourth-order valence-electron chi connectivity index (χ4n) is 2.35. The molecule has 0 spiro atoms. The lowest BCUT2D eigenvalue weighted by Crippen LogP contribution is -2.01. The number of nitrogens with zero attached hydrogens (tertiary/aromatic N) is 3. The highest BCUT2D eigenvalue weighted by Crippen LogP contribution is 2.28. The molecule has 0 saturated heterocycles. The molecule has 0 fully saturated rings.